The van der Waals surface area contributed by atoms with Crippen molar-refractivity contribution in [3.05, 3.63) is 41.4 Å². The Kier molecular flexibility index (Phi) is 7.73. The predicted octanol–water partition coefficient (Wildman–Crippen LogP) is 3.61. The van der Waals surface area contributed by atoms with E-state index in [9.17, 15) is 18.3 Å². The molecule has 6 rings (SSSR count). The first-order chi connectivity index (χ1) is 18.2. The van der Waals surface area contributed by atoms with Crippen LogP contribution in [-0.2, 0) is 14.8 Å². The van der Waals surface area contributed by atoms with E-state index in [0.29, 0.717) is 54.4 Å². The molecule has 2 N–H and O–H groups in total. The van der Waals surface area contributed by atoms with Gasteiger partial charge in [-0.05, 0) is 43.5 Å². The first-order valence-corrected chi connectivity index (χ1v) is 15.2. The lowest BCUT2D eigenvalue weighted by molar-refractivity contribution is -0.127. The third kappa shape index (κ3) is 5.68. The smallest absolute Gasteiger partial charge is 0.281 e. The van der Waals surface area contributed by atoms with Gasteiger partial charge >= 0.3 is 0 Å². The zero-order chi connectivity index (χ0) is 26.5. The number of amides is 1. The molecular formula is C27H35ClN4O5S2. The molecule has 4 fully saturated rings. The van der Waals surface area contributed by atoms with Crippen LogP contribution < -0.4 is 19.3 Å². The SMILES string of the molecule is O=C(NS(=O)(=O)c1cccc(N2CC[C@H](O)C2)n1)C1(Oc2cc(Cl)ccc2N2CC3(CCCCC3)C2)CC1.S. The number of benzene rings is 1. The Bertz CT molecular complexity index is 1340. The second-order valence-corrected chi connectivity index (χ2v) is 13.3. The van der Waals surface area contributed by atoms with Crippen molar-refractivity contribution in [2.45, 2.75) is 68.1 Å². The Balaban J connectivity index is 0.00000308. The van der Waals surface area contributed by atoms with Crippen LogP contribution in [-0.4, -0.2) is 62.3 Å². The van der Waals surface area contributed by atoms with Gasteiger partial charge in [-0.3, -0.25) is 4.79 Å². The topological polar surface area (TPSA) is 112 Å². The summed E-state index contributed by atoms with van der Waals surface area (Å²) in [5, 5.41) is 10.1. The number of aliphatic hydroxyl groups is 1. The Morgan fingerprint density at radius 1 is 1.08 bits per heavy atom. The van der Waals surface area contributed by atoms with Gasteiger partial charge in [0.2, 0.25) is 0 Å². The number of carbonyl (C=O) groups excluding carboxylic acids is 1. The molecule has 12 heteroatoms. The van der Waals surface area contributed by atoms with Crippen LogP contribution in [0.4, 0.5) is 11.5 Å². The number of β-amino-alcohol motifs (C(OH)–C–C–N with tert-alkyl or cyclic N) is 1. The van der Waals surface area contributed by atoms with E-state index in [1.807, 2.05) is 17.0 Å². The highest BCUT2D eigenvalue weighted by Crippen LogP contribution is 2.50. The summed E-state index contributed by atoms with van der Waals surface area (Å²) in [6.45, 7) is 2.88. The summed E-state index contributed by atoms with van der Waals surface area (Å²) in [4.78, 5) is 21.6. The van der Waals surface area contributed by atoms with Crippen molar-refractivity contribution in [1.82, 2.24) is 9.71 Å². The van der Waals surface area contributed by atoms with Crippen molar-refractivity contribution in [3.63, 3.8) is 0 Å². The highest BCUT2D eigenvalue weighted by molar-refractivity contribution is 7.90. The highest BCUT2D eigenvalue weighted by Gasteiger charge is 2.55. The first-order valence-electron chi connectivity index (χ1n) is 13.4. The lowest BCUT2D eigenvalue weighted by atomic mass is 9.68. The van der Waals surface area contributed by atoms with Gasteiger partial charge in [0, 0.05) is 55.5 Å². The van der Waals surface area contributed by atoms with E-state index in [4.69, 9.17) is 16.3 Å². The van der Waals surface area contributed by atoms with Gasteiger partial charge in [-0.25, -0.2) is 9.71 Å². The van der Waals surface area contributed by atoms with E-state index in [1.54, 1.807) is 18.2 Å². The summed E-state index contributed by atoms with van der Waals surface area (Å²) in [5.74, 6) is 0.239. The molecule has 1 amide bonds. The summed E-state index contributed by atoms with van der Waals surface area (Å²) in [6.07, 6.45) is 7.27. The fraction of sp³-hybridized carbons (Fsp3) is 0.556. The molecule has 3 heterocycles. The Morgan fingerprint density at radius 2 is 1.82 bits per heavy atom. The van der Waals surface area contributed by atoms with Crippen LogP contribution in [0.25, 0.3) is 0 Å². The van der Waals surface area contributed by atoms with E-state index in [-0.39, 0.29) is 18.5 Å². The van der Waals surface area contributed by atoms with Crippen molar-refractivity contribution in [1.29, 1.82) is 0 Å². The third-order valence-corrected chi connectivity index (χ3v) is 9.82. The maximum absolute atomic E-state index is 13.3. The lowest BCUT2D eigenvalue weighted by Crippen LogP contribution is -2.57. The van der Waals surface area contributed by atoms with Gasteiger partial charge in [0.1, 0.15) is 11.6 Å². The zero-order valence-electron chi connectivity index (χ0n) is 21.7. The maximum atomic E-state index is 13.3. The van der Waals surface area contributed by atoms with Crippen LogP contribution >= 0.6 is 25.1 Å². The fourth-order valence-electron chi connectivity index (χ4n) is 6.03. The van der Waals surface area contributed by atoms with Crippen molar-refractivity contribution in [2.24, 2.45) is 5.41 Å². The number of nitrogens with one attached hydrogen (secondary N) is 1. The Labute approximate surface area is 241 Å². The normalized spacial score (nSPS) is 23.1. The highest BCUT2D eigenvalue weighted by atomic mass is 35.5. The van der Waals surface area contributed by atoms with Crippen molar-refractivity contribution < 1.29 is 23.1 Å². The number of halogens is 1. The van der Waals surface area contributed by atoms with E-state index in [2.05, 4.69) is 14.6 Å². The molecule has 2 aliphatic heterocycles. The van der Waals surface area contributed by atoms with Crippen molar-refractivity contribution in [2.75, 3.05) is 36.0 Å². The minimum Gasteiger partial charge on any atom is -0.475 e. The number of ether oxygens (including phenoxy) is 1. The van der Waals surface area contributed by atoms with Crippen LogP contribution in [0, 0.1) is 5.41 Å². The van der Waals surface area contributed by atoms with Crippen LogP contribution in [0.1, 0.15) is 51.4 Å². The molecule has 212 valence electrons. The molecule has 9 nitrogen and oxygen atoms in total. The monoisotopic (exact) mass is 594 g/mol. The van der Waals surface area contributed by atoms with Crippen LogP contribution in [0.3, 0.4) is 0 Å². The molecule has 39 heavy (non-hydrogen) atoms. The summed E-state index contributed by atoms with van der Waals surface area (Å²) in [6, 6.07) is 10.1. The van der Waals surface area contributed by atoms with Crippen LogP contribution in [0.2, 0.25) is 5.02 Å². The van der Waals surface area contributed by atoms with Crippen LogP contribution in [0.15, 0.2) is 41.4 Å². The van der Waals surface area contributed by atoms with E-state index in [1.165, 1.54) is 38.2 Å². The molecule has 0 unspecified atom stereocenters. The molecular weight excluding hydrogens is 560 g/mol. The van der Waals surface area contributed by atoms with Gasteiger partial charge < -0.3 is 19.6 Å². The quantitative estimate of drug-likeness (QED) is 0.500. The zero-order valence-corrected chi connectivity index (χ0v) is 24.3. The number of aliphatic hydroxyl groups excluding tert-OH is 1. The van der Waals surface area contributed by atoms with Gasteiger partial charge in [0.15, 0.2) is 10.6 Å². The summed E-state index contributed by atoms with van der Waals surface area (Å²) in [5.41, 5.74) is -0.0157. The second-order valence-electron chi connectivity index (χ2n) is 11.3. The molecule has 4 aliphatic rings. The minimum absolute atomic E-state index is 0. The Hall–Kier alpha value is -2.21. The molecule has 2 saturated carbocycles. The molecule has 0 radical (unpaired) electrons. The minimum atomic E-state index is -4.22. The molecule has 1 spiro atoms. The number of pyridine rings is 1. The average molecular weight is 595 g/mol. The summed E-state index contributed by atoms with van der Waals surface area (Å²) >= 11 is 6.30. The van der Waals surface area contributed by atoms with Gasteiger partial charge in [0.05, 0.1) is 11.8 Å². The number of nitrogens with zero attached hydrogens (tertiary/aromatic N) is 3. The van der Waals surface area contributed by atoms with Crippen LogP contribution in [0.5, 0.6) is 5.75 Å². The largest absolute Gasteiger partial charge is 0.475 e. The van der Waals surface area contributed by atoms with Gasteiger partial charge in [0.25, 0.3) is 15.9 Å². The number of sulfonamides is 1. The third-order valence-electron chi connectivity index (χ3n) is 8.35. The molecule has 1 aromatic heterocycles. The van der Waals surface area contributed by atoms with Gasteiger partial charge in [-0.15, -0.1) is 0 Å². The van der Waals surface area contributed by atoms with E-state index >= 15 is 0 Å². The molecule has 0 bridgehead atoms. The van der Waals surface area contributed by atoms with Crippen molar-refractivity contribution in [3.8, 4) is 5.75 Å². The Morgan fingerprint density at radius 3 is 2.49 bits per heavy atom. The predicted molar refractivity (Wildman–Crippen MR) is 155 cm³/mol. The molecule has 1 atom stereocenters. The second kappa shape index (κ2) is 10.6. The first kappa shape index (κ1) is 28.3. The number of anilines is 2. The molecule has 2 aliphatic carbocycles. The van der Waals surface area contributed by atoms with E-state index < -0.39 is 27.6 Å². The molecule has 1 aromatic carbocycles. The number of aromatic nitrogens is 1. The maximum Gasteiger partial charge on any atom is 0.281 e. The van der Waals surface area contributed by atoms with Gasteiger partial charge in [-0.1, -0.05) is 36.9 Å². The number of hydrogen-bond acceptors (Lipinski definition) is 8. The van der Waals surface area contributed by atoms with Crippen molar-refractivity contribution >= 4 is 52.5 Å². The van der Waals surface area contributed by atoms with E-state index in [0.717, 1.165) is 18.8 Å². The average Bonchev–Trinajstić information content (AvgIpc) is 3.54. The summed E-state index contributed by atoms with van der Waals surface area (Å²) in [7, 11) is -4.22. The van der Waals surface area contributed by atoms with Gasteiger partial charge in [-0.2, -0.15) is 21.9 Å². The summed E-state index contributed by atoms with van der Waals surface area (Å²) < 4.78 is 34.7. The number of hydrogen-bond donors (Lipinski definition) is 2. The molecule has 2 aromatic rings. The standard InChI is InChI=1S/C27H33ClN4O5S.H2S/c28-19-7-8-21(32-17-26(18-32)10-2-1-3-11-26)22(15-19)37-27(12-13-27)25(34)30-38(35,36)24-6-4-5-23(29-24)31-14-9-20(33)16-31;/h4-8,15,20,33H,1-3,9-14,16-18H2,(H,30,34);1H2/t20-;/m0./s1. The number of carbonyl (C=O) groups is 1. The molecule has 2 saturated heterocycles. The lowest BCUT2D eigenvalue weighted by Gasteiger charge is -2.53. The number of rotatable bonds is 7. The fourth-order valence-corrected chi connectivity index (χ4v) is 7.20.